The predicted octanol–water partition coefficient (Wildman–Crippen LogP) is 7.80. The van der Waals surface area contributed by atoms with Gasteiger partial charge in [-0.1, -0.05) is 60.7 Å². The molecule has 8 nitrogen and oxygen atoms in total. The molecule has 9 heteroatoms. The highest BCUT2D eigenvalue weighted by atomic mass is 19.1. The minimum atomic E-state index is -1.03. The summed E-state index contributed by atoms with van der Waals surface area (Å²) in [5.74, 6) is 0.175. The van der Waals surface area contributed by atoms with Gasteiger partial charge in [0, 0.05) is 24.2 Å². The van der Waals surface area contributed by atoms with Crippen molar-refractivity contribution in [3.05, 3.63) is 149 Å². The largest absolute Gasteiger partial charge is 0.475 e. The molecule has 6 rings (SSSR count). The molecule has 0 saturated heterocycles. The first-order chi connectivity index (χ1) is 23.2. The summed E-state index contributed by atoms with van der Waals surface area (Å²) in [6.45, 7) is 0. The van der Waals surface area contributed by atoms with Gasteiger partial charge < -0.3 is 24.5 Å². The SMILES string of the molecule is CN(C)C1(Cc2ccc(F)cc2)CCC(NC(=O)c2cccnc2Oc2ccccc2)CC1.O=C(O)c1ccc(Cc2ccccc2)o1. The van der Waals surface area contributed by atoms with Crippen molar-refractivity contribution < 1.29 is 28.2 Å². The molecule has 0 atom stereocenters. The molecule has 1 amide bonds. The second kappa shape index (κ2) is 16.0. The van der Waals surface area contributed by atoms with E-state index in [0.717, 1.165) is 43.2 Å². The van der Waals surface area contributed by atoms with Crippen molar-refractivity contribution in [2.75, 3.05) is 14.1 Å². The number of furan rings is 1. The van der Waals surface area contributed by atoms with E-state index in [4.69, 9.17) is 14.3 Å². The number of likely N-dealkylation sites (N-methyl/N-ethyl adjacent to an activating group) is 1. The van der Waals surface area contributed by atoms with Gasteiger partial charge in [-0.15, -0.1) is 0 Å². The molecule has 2 N–H and O–H groups in total. The fourth-order valence-electron chi connectivity index (χ4n) is 5.96. The Labute approximate surface area is 280 Å². The summed E-state index contributed by atoms with van der Waals surface area (Å²) in [6, 6.07) is 32.6. The van der Waals surface area contributed by atoms with Crippen molar-refractivity contribution in [3.8, 4) is 11.6 Å². The van der Waals surface area contributed by atoms with Gasteiger partial charge in [-0.05, 0) is 106 Å². The van der Waals surface area contributed by atoms with E-state index in [-0.39, 0.29) is 29.1 Å². The lowest BCUT2D eigenvalue weighted by Crippen LogP contribution is -2.52. The molecular formula is C39H40FN3O5. The highest BCUT2D eigenvalue weighted by Crippen LogP contribution is 2.36. The van der Waals surface area contributed by atoms with Crippen LogP contribution >= 0.6 is 0 Å². The van der Waals surface area contributed by atoms with Gasteiger partial charge in [0.15, 0.2) is 0 Å². The fourth-order valence-corrected chi connectivity index (χ4v) is 5.96. The van der Waals surface area contributed by atoms with E-state index in [1.54, 1.807) is 24.4 Å². The topological polar surface area (TPSA) is 105 Å². The van der Waals surface area contributed by atoms with Crippen LogP contribution in [0.2, 0.25) is 0 Å². The van der Waals surface area contributed by atoms with Gasteiger partial charge in [-0.2, -0.15) is 0 Å². The molecule has 2 heterocycles. The molecular weight excluding hydrogens is 609 g/mol. The standard InChI is InChI=1S/C27H30FN3O2.C12H10O3/c1-31(2)27(19-20-10-12-21(28)13-11-20)16-14-22(15-17-27)30-25(32)24-9-6-18-29-26(24)33-23-7-4-3-5-8-23;13-12(14)11-7-6-10(15-11)8-9-4-2-1-3-5-9/h3-13,18,22H,14-17,19H2,1-2H3,(H,30,32);1-7H,8H2,(H,13,14). The van der Waals surface area contributed by atoms with Crippen molar-refractivity contribution in [3.63, 3.8) is 0 Å². The van der Waals surface area contributed by atoms with Crippen LogP contribution in [0.3, 0.4) is 0 Å². The van der Waals surface area contributed by atoms with Crippen molar-refractivity contribution in [1.29, 1.82) is 0 Å². The number of ether oxygens (including phenoxy) is 1. The van der Waals surface area contributed by atoms with Gasteiger partial charge in [-0.3, -0.25) is 4.79 Å². The Hall–Kier alpha value is -5.28. The molecule has 1 fully saturated rings. The minimum Gasteiger partial charge on any atom is -0.475 e. The van der Waals surface area contributed by atoms with Crippen LogP contribution in [0.5, 0.6) is 11.6 Å². The van der Waals surface area contributed by atoms with E-state index >= 15 is 0 Å². The van der Waals surface area contributed by atoms with E-state index in [0.29, 0.717) is 29.4 Å². The number of pyridine rings is 1. The third-order valence-corrected chi connectivity index (χ3v) is 8.71. The molecule has 0 unspecified atom stereocenters. The summed E-state index contributed by atoms with van der Waals surface area (Å²) in [7, 11) is 4.20. The van der Waals surface area contributed by atoms with Crippen LogP contribution in [0, 0.1) is 5.82 Å². The molecule has 0 spiro atoms. The van der Waals surface area contributed by atoms with Gasteiger partial charge >= 0.3 is 5.97 Å². The van der Waals surface area contributed by atoms with Gasteiger partial charge in [0.05, 0.1) is 0 Å². The summed E-state index contributed by atoms with van der Waals surface area (Å²) in [5, 5.41) is 11.9. The Morgan fingerprint density at radius 2 is 1.56 bits per heavy atom. The Kier molecular flexibility index (Phi) is 11.4. The van der Waals surface area contributed by atoms with Gasteiger partial charge in [0.1, 0.15) is 22.9 Å². The Bertz CT molecular complexity index is 1770. The van der Waals surface area contributed by atoms with E-state index in [1.165, 1.54) is 18.2 Å². The lowest BCUT2D eigenvalue weighted by atomic mass is 9.74. The highest BCUT2D eigenvalue weighted by Gasteiger charge is 2.38. The number of aromatic carboxylic acids is 1. The van der Waals surface area contributed by atoms with Crippen LogP contribution in [0.4, 0.5) is 4.39 Å². The first-order valence-corrected chi connectivity index (χ1v) is 16.0. The van der Waals surface area contributed by atoms with Crippen molar-refractivity contribution in [1.82, 2.24) is 15.2 Å². The van der Waals surface area contributed by atoms with Gasteiger partial charge in [0.25, 0.3) is 5.91 Å². The molecule has 1 aliphatic carbocycles. The average Bonchev–Trinajstić information content (AvgIpc) is 3.57. The second-order valence-electron chi connectivity index (χ2n) is 12.2. The van der Waals surface area contributed by atoms with Crippen LogP contribution < -0.4 is 10.1 Å². The molecule has 48 heavy (non-hydrogen) atoms. The smallest absolute Gasteiger partial charge is 0.371 e. The summed E-state index contributed by atoms with van der Waals surface area (Å²) < 4.78 is 24.3. The average molecular weight is 650 g/mol. The first kappa shape index (κ1) is 34.1. The summed E-state index contributed by atoms with van der Waals surface area (Å²) in [4.78, 5) is 30.2. The number of carboxylic acids is 1. The quantitative estimate of drug-likeness (QED) is 0.159. The van der Waals surface area contributed by atoms with E-state index < -0.39 is 5.97 Å². The van der Waals surface area contributed by atoms with Crippen molar-refractivity contribution in [2.24, 2.45) is 0 Å². The maximum atomic E-state index is 13.3. The molecule has 5 aromatic rings. The molecule has 2 aromatic heterocycles. The Balaban J connectivity index is 0.000000250. The van der Waals surface area contributed by atoms with Crippen LogP contribution in [-0.2, 0) is 12.8 Å². The highest BCUT2D eigenvalue weighted by molar-refractivity contribution is 5.96. The zero-order valence-corrected chi connectivity index (χ0v) is 27.1. The lowest BCUT2D eigenvalue weighted by Gasteiger charge is -2.45. The van der Waals surface area contributed by atoms with Crippen LogP contribution in [-0.4, -0.2) is 52.5 Å². The van der Waals surface area contributed by atoms with Crippen molar-refractivity contribution in [2.45, 2.75) is 50.1 Å². The monoisotopic (exact) mass is 649 g/mol. The third-order valence-electron chi connectivity index (χ3n) is 8.71. The molecule has 1 aliphatic rings. The zero-order valence-electron chi connectivity index (χ0n) is 27.1. The van der Waals surface area contributed by atoms with E-state index in [1.807, 2.05) is 72.8 Å². The van der Waals surface area contributed by atoms with Crippen molar-refractivity contribution >= 4 is 11.9 Å². The molecule has 0 aliphatic heterocycles. The number of hydrogen-bond donors (Lipinski definition) is 2. The zero-order chi connectivity index (χ0) is 33.9. The molecule has 248 valence electrons. The Morgan fingerprint density at radius 3 is 2.19 bits per heavy atom. The van der Waals surface area contributed by atoms with E-state index in [2.05, 4.69) is 29.3 Å². The number of benzene rings is 3. The maximum absolute atomic E-state index is 13.3. The van der Waals surface area contributed by atoms with E-state index in [9.17, 15) is 14.0 Å². The number of nitrogens with one attached hydrogen (secondary N) is 1. The second-order valence-corrected chi connectivity index (χ2v) is 12.2. The number of carboxylic acid groups (broad SMARTS) is 1. The summed E-state index contributed by atoms with van der Waals surface area (Å²) in [5.41, 5.74) is 2.65. The van der Waals surface area contributed by atoms with Gasteiger partial charge in [-0.25, -0.2) is 14.2 Å². The predicted molar refractivity (Wildman–Crippen MR) is 182 cm³/mol. The van der Waals surface area contributed by atoms with Crippen LogP contribution in [0.1, 0.15) is 63.5 Å². The number of amides is 1. The van der Waals surface area contributed by atoms with Gasteiger partial charge in [0.2, 0.25) is 11.6 Å². The molecule has 3 aromatic carbocycles. The maximum Gasteiger partial charge on any atom is 0.371 e. The number of hydrogen-bond acceptors (Lipinski definition) is 6. The lowest BCUT2D eigenvalue weighted by molar-refractivity contribution is 0.0660. The van der Waals surface area contributed by atoms with Crippen LogP contribution in [0.15, 0.2) is 120 Å². The number of halogens is 1. The molecule has 0 bridgehead atoms. The molecule has 1 saturated carbocycles. The van der Waals surface area contributed by atoms with Crippen LogP contribution in [0.25, 0.3) is 0 Å². The third kappa shape index (κ3) is 9.17. The molecule has 0 radical (unpaired) electrons. The summed E-state index contributed by atoms with van der Waals surface area (Å²) >= 11 is 0. The number of para-hydroxylation sites is 1. The number of rotatable bonds is 10. The normalized spacial score (nSPS) is 17.2. The number of nitrogens with zero attached hydrogens (tertiary/aromatic N) is 2. The minimum absolute atomic E-state index is 0.00502. The number of carbonyl (C=O) groups is 2. The Morgan fingerprint density at radius 1 is 0.896 bits per heavy atom. The number of carbonyl (C=O) groups excluding carboxylic acids is 1. The summed E-state index contributed by atoms with van der Waals surface area (Å²) in [6.07, 6.45) is 6.75. The fraction of sp³-hybridized carbons (Fsp3) is 0.256. The first-order valence-electron chi connectivity index (χ1n) is 16.0. The number of aromatic nitrogens is 1.